The van der Waals surface area contributed by atoms with Crippen LogP contribution < -0.4 is 4.74 Å². The number of esters is 1. The fraction of sp³-hybridized carbons (Fsp3) is 0.118. The predicted molar refractivity (Wildman–Crippen MR) is 88.5 cm³/mol. The summed E-state index contributed by atoms with van der Waals surface area (Å²) >= 11 is 5.83. The number of halogens is 1. The molecule has 0 saturated heterocycles. The van der Waals surface area contributed by atoms with Crippen LogP contribution >= 0.6 is 11.6 Å². The number of hydrogen-bond acceptors (Lipinski definition) is 7. The Morgan fingerprint density at radius 2 is 1.96 bits per heavy atom. The highest BCUT2D eigenvalue weighted by molar-refractivity contribution is 6.30. The van der Waals surface area contributed by atoms with Crippen LogP contribution in [0.4, 0.5) is 0 Å². The zero-order chi connectivity index (χ0) is 17.8. The summed E-state index contributed by atoms with van der Waals surface area (Å²) in [6, 6.07) is 11.1. The van der Waals surface area contributed by atoms with E-state index in [1.165, 1.54) is 25.3 Å². The minimum absolute atomic E-state index is 0.0169. The van der Waals surface area contributed by atoms with Crippen LogP contribution in [0.15, 0.2) is 46.9 Å². The highest BCUT2D eigenvalue weighted by Crippen LogP contribution is 2.24. The van der Waals surface area contributed by atoms with Crippen LogP contribution in [-0.4, -0.2) is 28.4 Å². The number of carbonyl (C=O) groups is 1. The zero-order valence-electron chi connectivity index (χ0n) is 13.1. The van der Waals surface area contributed by atoms with E-state index >= 15 is 0 Å². The highest BCUT2D eigenvalue weighted by atomic mass is 35.5. The van der Waals surface area contributed by atoms with Crippen molar-refractivity contribution < 1.29 is 23.8 Å². The van der Waals surface area contributed by atoms with E-state index in [1.54, 1.807) is 24.3 Å². The van der Waals surface area contributed by atoms with Crippen LogP contribution in [-0.2, 0) is 11.3 Å². The number of nitrogens with zero attached hydrogens (tertiary/aromatic N) is 2. The maximum Gasteiger partial charge on any atom is 0.342 e. The number of carbonyl (C=O) groups excluding carboxylic acids is 1. The first-order valence-corrected chi connectivity index (χ1v) is 7.57. The van der Waals surface area contributed by atoms with Gasteiger partial charge in [-0.05, 0) is 42.5 Å². The molecule has 0 radical (unpaired) electrons. The van der Waals surface area contributed by atoms with E-state index in [1.807, 2.05) is 0 Å². The molecule has 0 spiro atoms. The fourth-order valence-electron chi connectivity index (χ4n) is 2.03. The average molecular weight is 361 g/mol. The molecule has 7 nitrogen and oxygen atoms in total. The molecular weight excluding hydrogens is 348 g/mol. The first-order valence-electron chi connectivity index (χ1n) is 7.19. The monoisotopic (exact) mass is 360 g/mol. The van der Waals surface area contributed by atoms with E-state index in [4.69, 9.17) is 25.5 Å². The number of methoxy groups -OCH3 is 1. The third-order valence-corrected chi connectivity index (χ3v) is 3.56. The quantitative estimate of drug-likeness (QED) is 0.696. The molecule has 3 aromatic rings. The van der Waals surface area contributed by atoms with E-state index in [0.29, 0.717) is 16.3 Å². The number of benzene rings is 2. The molecule has 0 aliphatic carbocycles. The molecule has 8 heteroatoms. The standard InChI is InChI=1S/C17H13ClN2O5/c1-23-12-6-7-14(21)13(8-12)17(22)24-9-15-19-20-16(25-15)10-2-4-11(18)5-3-10/h2-8,21H,9H2,1H3. The molecular formula is C17H13ClN2O5. The van der Waals surface area contributed by atoms with Crippen LogP contribution in [0.5, 0.6) is 11.5 Å². The number of aromatic hydroxyl groups is 1. The molecule has 0 bridgehead atoms. The van der Waals surface area contributed by atoms with Gasteiger partial charge in [0.15, 0.2) is 6.61 Å². The lowest BCUT2D eigenvalue weighted by atomic mass is 10.2. The number of phenolic OH excluding ortho intramolecular Hbond substituents is 1. The molecule has 3 rings (SSSR count). The summed E-state index contributed by atoms with van der Waals surface area (Å²) in [4.78, 5) is 12.1. The highest BCUT2D eigenvalue weighted by Gasteiger charge is 2.16. The number of rotatable bonds is 5. The van der Waals surface area contributed by atoms with E-state index in [2.05, 4.69) is 10.2 Å². The van der Waals surface area contributed by atoms with Crippen molar-refractivity contribution in [3.05, 3.63) is 58.9 Å². The van der Waals surface area contributed by atoms with Gasteiger partial charge in [-0.3, -0.25) is 0 Å². The maximum atomic E-state index is 12.1. The van der Waals surface area contributed by atoms with Gasteiger partial charge in [0.05, 0.1) is 7.11 Å². The molecule has 0 aliphatic rings. The van der Waals surface area contributed by atoms with Gasteiger partial charge in [0, 0.05) is 10.6 Å². The molecule has 0 atom stereocenters. The summed E-state index contributed by atoms with van der Waals surface area (Å²) < 4.78 is 15.5. The average Bonchev–Trinajstić information content (AvgIpc) is 3.09. The normalized spacial score (nSPS) is 10.5. The summed E-state index contributed by atoms with van der Waals surface area (Å²) in [5, 5.41) is 18.1. The zero-order valence-corrected chi connectivity index (χ0v) is 13.9. The van der Waals surface area contributed by atoms with Crippen molar-refractivity contribution in [2.24, 2.45) is 0 Å². The van der Waals surface area contributed by atoms with Gasteiger partial charge >= 0.3 is 5.97 Å². The van der Waals surface area contributed by atoms with Gasteiger partial charge in [0.1, 0.15) is 17.1 Å². The van der Waals surface area contributed by atoms with Crippen molar-refractivity contribution in [1.82, 2.24) is 10.2 Å². The van der Waals surface area contributed by atoms with E-state index in [-0.39, 0.29) is 29.7 Å². The summed E-state index contributed by atoms with van der Waals surface area (Å²) in [6.45, 7) is -0.226. The first kappa shape index (κ1) is 16.8. The van der Waals surface area contributed by atoms with Gasteiger partial charge in [0.25, 0.3) is 5.89 Å². The van der Waals surface area contributed by atoms with Gasteiger partial charge in [-0.2, -0.15) is 0 Å². The molecule has 128 valence electrons. The van der Waals surface area contributed by atoms with Gasteiger partial charge in [0.2, 0.25) is 5.89 Å². The molecule has 0 unspecified atom stereocenters. The Morgan fingerprint density at radius 3 is 2.68 bits per heavy atom. The minimum atomic E-state index is -0.734. The molecule has 0 saturated carbocycles. The lowest BCUT2D eigenvalue weighted by Crippen LogP contribution is -2.06. The maximum absolute atomic E-state index is 12.1. The molecule has 2 aromatic carbocycles. The number of aromatic nitrogens is 2. The Labute approximate surface area is 147 Å². The largest absolute Gasteiger partial charge is 0.507 e. The third kappa shape index (κ3) is 3.89. The lowest BCUT2D eigenvalue weighted by Gasteiger charge is -2.06. The number of hydrogen-bond donors (Lipinski definition) is 1. The third-order valence-electron chi connectivity index (χ3n) is 3.31. The molecule has 0 amide bonds. The van der Waals surface area contributed by atoms with Crippen LogP contribution in [0.1, 0.15) is 16.2 Å². The summed E-state index contributed by atoms with van der Waals surface area (Å²) in [6.07, 6.45) is 0. The summed E-state index contributed by atoms with van der Waals surface area (Å²) in [5.41, 5.74) is 0.678. The van der Waals surface area contributed by atoms with Gasteiger partial charge in [-0.1, -0.05) is 11.6 Å². The minimum Gasteiger partial charge on any atom is -0.507 e. The summed E-state index contributed by atoms with van der Waals surface area (Å²) in [5.74, 6) is -0.110. The molecule has 0 aliphatic heterocycles. The molecule has 25 heavy (non-hydrogen) atoms. The topological polar surface area (TPSA) is 94.7 Å². The lowest BCUT2D eigenvalue weighted by molar-refractivity contribution is 0.0435. The van der Waals surface area contributed by atoms with Crippen molar-refractivity contribution in [2.45, 2.75) is 6.61 Å². The second-order valence-electron chi connectivity index (χ2n) is 4.97. The van der Waals surface area contributed by atoms with Gasteiger partial charge < -0.3 is 19.0 Å². The smallest absolute Gasteiger partial charge is 0.342 e. The van der Waals surface area contributed by atoms with Crippen molar-refractivity contribution >= 4 is 17.6 Å². The predicted octanol–water partition coefficient (Wildman–Crippen LogP) is 3.46. The van der Waals surface area contributed by atoms with Crippen LogP contribution in [0.2, 0.25) is 5.02 Å². The number of phenols is 1. The van der Waals surface area contributed by atoms with E-state index < -0.39 is 5.97 Å². The second-order valence-corrected chi connectivity index (χ2v) is 5.40. The Balaban J connectivity index is 1.68. The fourth-order valence-corrected chi connectivity index (χ4v) is 2.16. The Hall–Kier alpha value is -3.06. The summed E-state index contributed by atoms with van der Waals surface area (Å²) in [7, 11) is 1.46. The van der Waals surface area contributed by atoms with Gasteiger partial charge in [-0.25, -0.2) is 4.79 Å². The second kappa shape index (κ2) is 7.23. The van der Waals surface area contributed by atoms with E-state index in [0.717, 1.165) is 0 Å². The van der Waals surface area contributed by atoms with Crippen LogP contribution in [0.3, 0.4) is 0 Å². The van der Waals surface area contributed by atoms with Crippen LogP contribution in [0, 0.1) is 0 Å². The van der Waals surface area contributed by atoms with Crippen molar-refractivity contribution in [1.29, 1.82) is 0 Å². The van der Waals surface area contributed by atoms with Crippen molar-refractivity contribution in [3.63, 3.8) is 0 Å². The van der Waals surface area contributed by atoms with Crippen molar-refractivity contribution in [2.75, 3.05) is 7.11 Å². The molecule has 1 N–H and O–H groups in total. The molecule has 0 fully saturated rings. The number of ether oxygens (including phenoxy) is 2. The first-order chi connectivity index (χ1) is 12.1. The molecule has 1 heterocycles. The van der Waals surface area contributed by atoms with Crippen LogP contribution in [0.25, 0.3) is 11.5 Å². The van der Waals surface area contributed by atoms with Crippen molar-refractivity contribution in [3.8, 4) is 23.0 Å². The van der Waals surface area contributed by atoms with Gasteiger partial charge in [-0.15, -0.1) is 10.2 Å². The Bertz CT molecular complexity index is 892. The Kier molecular flexibility index (Phi) is 4.85. The SMILES string of the molecule is COc1ccc(O)c(C(=O)OCc2nnc(-c3ccc(Cl)cc3)o2)c1. The van der Waals surface area contributed by atoms with E-state index in [9.17, 15) is 9.90 Å². The molecule has 1 aromatic heterocycles. The Morgan fingerprint density at radius 1 is 1.20 bits per heavy atom.